The first-order valence-electron chi connectivity index (χ1n) is 6.03. The molecular formula is C14H23NO. The topological polar surface area (TPSA) is 35.2 Å². The quantitative estimate of drug-likeness (QED) is 0.826. The Morgan fingerprint density at radius 3 is 2.50 bits per heavy atom. The minimum absolute atomic E-state index is 0.0855. The van der Waals surface area contributed by atoms with Crippen molar-refractivity contribution in [3.05, 3.63) is 29.3 Å². The molecule has 1 aromatic rings. The molecule has 0 spiro atoms. The molecule has 0 radical (unpaired) electrons. The van der Waals surface area contributed by atoms with Gasteiger partial charge in [0.25, 0.3) is 0 Å². The number of benzene rings is 1. The van der Waals surface area contributed by atoms with Gasteiger partial charge in [0.1, 0.15) is 5.75 Å². The van der Waals surface area contributed by atoms with Crippen LogP contribution in [0.2, 0.25) is 0 Å². The van der Waals surface area contributed by atoms with Crippen LogP contribution >= 0.6 is 0 Å². The molecule has 0 aliphatic rings. The van der Waals surface area contributed by atoms with Crippen LogP contribution in [0.15, 0.2) is 18.2 Å². The van der Waals surface area contributed by atoms with Crippen LogP contribution in [0, 0.1) is 12.8 Å². The van der Waals surface area contributed by atoms with Gasteiger partial charge < -0.3 is 10.5 Å². The first kappa shape index (κ1) is 13.0. The number of ether oxygens (including phenoxy) is 1. The predicted molar refractivity (Wildman–Crippen MR) is 68.7 cm³/mol. The van der Waals surface area contributed by atoms with Crippen molar-refractivity contribution in [3.63, 3.8) is 0 Å². The van der Waals surface area contributed by atoms with Crippen LogP contribution in [0.3, 0.4) is 0 Å². The zero-order valence-electron chi connectivity index (χ0n) is 10.8. The summed E-state index contributed by atoms with van der Waals surface area (Å²) in [6.45, 7) is 9.23. The molecule has 0 heterocycles. The van der Waals surface area contributed by atoms with Gasteiger partial charge in [0.2, 0.25) is 0 Å². The molecule has 1 rings (SSSR count). The van der Waals surface area contributed by atoms with Crippen LogP contribution in [-0.2, 0) is 0 Å². The largest absolute Gasteiger partial charge is 0.493 e. The lowest BCUT2D eigenvalue weighted by molar-refractivity contribution is 0.255. The van der Waals surface area contributed by atoms with Crippen molar-refractivity contribution in [2.24, 2.45) is 11.7 Å². The molecule has 0 amide bonds. The molecule has 16 heavy (non-hydrogen) atoms. The van der Waals surface area contributed by atoms with Crippen molar-refractivity contribution in [2.45, 2.75) is 40.2 Å². The zero-order chi connectivity index (χ0) is 12.1. The standard InChI is InChI=1S/C14H23NO/c1-5-10(2)9-16-14-7-6-13(12(4)15)8-11(14)3/h6-8,10,12H,5,9,15H2,1-4H3. The third-order valence-electron chi connectivity index (χ3n) is 2.95. The molecule has 0 aliphatic carbocycles. The van der Waals surface area contributed by atoms with Crippen LogP contribution in [0.1, 0.15) is 44.4 Å². The Morgan fingerprint density at radius 2 is 2.00 bits per heavy atom. The van der Waals surface area contributed by atoms with Gasteiger partial charge in [-0.1, -0.05) is 32.4 Å². The average molecular weight is 221 g/mol. The van der Waals surface area contributed by atoms with Gasteiger partial charge in [0.15, 0.2) is 0 Å². The van der Waals surface area contributed by atoms with Gasteiger partial charge >= 0.3 is 0 Å². The van der Waals surface area contributed by atoms with Crippen LogP contribution < -0.4 is 10.5 Å². The average Bonchev–Trinajstić information content (AvgIpc) is 2.26. The van der Waals surface area contributed by atoms with Crippen molar-refractivity contribution in [1.29, 1.82) is 0 Å². The monoisotopic (exact) mass is 221 g/mol. The summed E-state index contributed by atoms with van der Waals surface area (Å²) in [7, 11) is 0. The maximum atomic E-state index is 5.84. The smallest absolute Gasteiger partial charge is 0.122 e. The van der Waals surface area contributed by atoms with Gasteiger partial charge in [-0.3, -0.25) is 0 Å². The fourth-order valence-electron chi connectivity index (χ4n) is 1.47. The van der Waals surface area contributed by atoms with E-state index in [0.717, 1.165) is 29.9 Å². The second-order valence-electron chi connectivity index (χ2n) is 4.64. The van der Waals surface area contributed by atoms with E-state index in [-0.39, 0.29) is 6.04 Å². The van der Waals surface area contributed by atoms with Gasteiger partial charge in [0, 0.05) is 6.04 Å². The number of hydrogen-bond donors (Lipinski definition) is 1. The Hall–Kier alpha value is -1.02. The number of aryl methyl sites for hydroxylation is 1. The Bertz CT molecular complexity index is 334. The van der Waals surface area contributed by atoms with Gasteiger partial charge in [-0.15, -0.1) is 0 Å². The third kappa shape index (κ3) is 3.53. The Balaban J connectivity index is 2.68. The molecule has 2 unspecified atom stereocenters. The highest BCUT2D eigenvalue weighted by Gasteiger charge is 2.05. The van der Waals surface area contributed by atoms with Crippen molar-refractivity contribution >= 4 is 0 Å². The summed E-state index contributed by atoms with van der Waals surface area (Å²) in [5.74, 6) is 1.58. The van der Waals surface area contributed by atoms with Gasteiger partial charge in [-0.2, -0.15) is 0 Å². The summed E-state index contributed by atoms with van der Waals surface area (Å²) >= 11 is 0. The second kappa shape index (κ2) is 5.90. The van der Waals surface area contributed by atoms with Gasteiger partial charge in [0.05, 0.1) is 6.61 Å². The first-order valence-corrected chi connectivity index (χ1v) is 6.03. The zero-order valence-corrected chi connectivity index (χ0v) is 10.8. The van der Waals surface area contributed by atoms with Crippen molar-refractivity contribution < 1.29 is 4.74 Å². The summed E-state index contributed by atoms with van der Waals surface area (Å²) in [6, 6.07) is 6.26. The van der Waals surface area contributed by atoms with E-state index in [1.807, 2.05) is 19.1 Å². The van der Waals surface area contributed by atoms with Crippen molar-refractivity contribution in [3.8, 4) is 5.75 Å². The molecule has 0 bridgehead atoms. The van der Waals surface area contributed by atoms with Crippen molar-refractivity contribution in [2.75, 3.05) is 6.61 Å². The van der Waals surface area contributed by atoms with Crippen LogP contribution in [0.25, 0.3) is 0 Å². The molecule has 2 atom stereocenters. The van der Waals surface area contributed by atoms with E-state index in [1.54, 1.807) is 0 Å². The van der Waals surface area contributed by atoms with E-state index in [4.69, 9.17) is 10.5 Å². The highest BCUT2D eigenvalue weighted by atomic mass is 16.5. The van der Waals surface area contributed by atoms with Crippen LogP contribution in [-0.4, -0.2) is 6.61 Å². The van der Waals surface area contributed by atoms with Crippen LogP contribution in [0.4, 0.5) is 0 Å². The van der Waals surface area contributed by atoms with E-state index in [1.165, 1.54) is 0 Å². The van der Waals surface area contributed by atoms with Crippen LogP contribution in [0.5, 0.6) is 5.75 Å². The summed E-state index contributed by atoms with van der Waals surface area (Å²) in [5.41, 5.74) is 8.16. The lowest BCUT2D eigenvalue weighted by Crippen LogP contribution is -2.09. The maximum Gasteiger partial charge on any atom is 0.122 e. The highest BCUT2D eigenvalue weighted by molar-refractivity contribution is 5.37. The summed E-state index contributed by atoms with van der Waals surface area (Å²) < 4.78 is 5.78. The molecule has 90 valence electrons. The molecule has 0 aliphatic heterocycles. The third-order valence-corrected chi connectivity index (χ3v) is 2.95. The van der Waals surface area contributed by atoms with Crippen molar-refractivity contribution in [1.82, 2.24) is 0 Å². The lowest BCUT2D eigenvalue weighted by Gasteiger charge is -2.14. The molecule has 2 nitrogen and oxygen atoms in total. The van der Waals surface area contributed by atoms with E-state index in [2.05, 4.69) is 26.8 Å². The fraction of sp³-hybridized carbons (Fsp3) is 0.571. The normalized spacial score (nSPS) is 14.6. The predicted octanol–water partition coefficient (Wildman–Crippen LogP) is 3.44. The Kier molecular flexibility index (Phi) is 4.81. The van der Waals surface area contributed by atoms with E-state index in [9.17, 15) is 0 Å². The molecule has 0 saturated heterocycles. The maximum absolute atomic E-state index is 5.84. The fourth-order valence-corrected chi connectivity index (χ4v) is 1.47. The minimum Gasteiger partial charge on any atom is -0.493 e. The molecule has 0 aromatic heterocycles. The molecule has 0 saturated carbocycles. The summed E-state index contributed by atoms with van der Waals surface area (Å²) in [4.78, 5) is 0. The molecule has 1 aromatic carbocycles. The van der Waals surface area contributed by atoms with Gasteiger partial charge in [-0.25, -0.2) is 0 Å². The van der Waals surface area contributed by atoms with E-state index in [0.29, 0.717) is 5.92 Å². The highest BCUT2D eigenvalue weighted by Crippen LogP contribution is 2.22. The Morgan fingerprint density at radius 1 is 1.31 bits per heavy atom. The SMILES string of the molecule is CCC(C)COc1ccc(C(C)N)cc1C. The summed E-state index contributed by atoms with van der Waals surface area (Å²) in [5, 5.41) is 0. The second-order valence-corrected chi connectivity index (χ2v) is 4.64. The number of rotatable bonds is 5. The lowest BCUT2D eigenvalue weighted by atomic mass is 10.1. The van der Waals surface area contributed by atoms with E-state index < -0.39 is 0 Å². The number of hydrogen-bond acceptors (Lipinski definition) is 2. The van der Waals surface area contributed by atoms with E-state index >= 15 is 0 Å². The molecular weight excluding hydrogens is 198 g/mol. The Labute approximate surface area is 98.8 Å². The summed E-state index contributed by atoms with van der Waals surface area (Å²) in [6.07, 6.45) is 1.15. The number of nitrogens with two attached hydrogens (primary N) is 1. The molecule has 2 N–H and O–H groups in total. The first-order chi connectivity index (χ1) is 7.54. The minimum atomic E-state index is 0.0855. The molecule has 0 fully saturated rings. The molecule has 2 heteroatoms. The van der Waals surface area contributed by atoms with Gasteiger partial charge in [-0.05, 0) is 37.0 Å².